The molecule has 0 bridgehead atoms. The second-order valence-electron chi connectivity index (χ2n) is 8.70. The molecular formula is C18H28N2O6. The van der Waals surface area contributed by atoms with Gasteiger partial charge in [0.05, 0.1) is 12.1 Å². The number of imide groups is 2. The number of fused-ring (bicyclic) bond motifs is 1. The SMILES string of the molecule is CC(C)(C)OC(=O)N1C(=O)CC[C@@H]2[C@H]1CCC(=O)N2C(=O)OC(C)(C)C. The lowest BCUT2D eigenvalue weighted by molar-refractivity contribution is -0.149. The van der Waals surface area contributed by atoms with Gasteiger partial charge in [0.25, 0.3) is 0 Å². The molecule has 0 spiro atoms. The summed E-state index contributed by atoms with van der Waals surface area (Å²) in [7, 11) is 0. The number of ether oxygens (including phenoxy) is 2. The molecule has 0 saturated carbocycles. The summed E-state index contributed by atoms with van der Waals surface area (Å²) in [5, 5.41) is 0. The molecule has 0 N–H and O–H groups in total. The number of nitrogens with zero attached hydrogens (tertiary/aromatic N) is 2. The third-order valence-corrected chi connectivity index (χ3v) is 4.13. The largest absolute Gasteiger partial charge is 0.443 e. The lowest BCUT2D eigenvalue weighted by Gasteiger charge is -2.46. The molecule has 2 atom stereocenters. The summed E-state index contributed by atoms with van der Waals surface area (Å²) in [6.07, 6.45) is -0.729. The quantitative estimate of drug-likeness (QED) is 0.653. The number of hydrogen-bond acceptors (Lipinski definition) is 6. The maximum absolute atomic E-state index is 12.5. The average Bonchev–Trinajstić information content (AvgIpc) is 2.43. The Labute approximate surface area is 153 Å². The minimum absolute atomic E-state index is 0.0625. The topological polar surface area (TPSA) is 93.2 Å². The Morgan fingerprint density at radius 3 is 1.35 bits per heavy atom. The summed E-state index contributed by atoms with van der Waals surface area (Å²) >= 11 is 0. The number of carbonyl (C=O) groups excluding carboxylic acids is 4. The number of likely N-dealkylation sites (tertiary alicyclic amines) is 2. The molecule has 2 aliphatic heterocycles. The van der Waals surface area contributed by atoms with E-state index in [4.69, 9.17) is 9.47 Å². The molecule has 0 aromatic rings. The van der Waals surface area contributed by atoms with Gasteiger partial charge < -0.3 is 9.47 Å². The summed E-state index contributed by atoms with van der Waals surface area (Å²) < 4.78 is 10.7. The highest BCUT2D eigenvalue weighted by molar-refractivity contribution is 5.97. The van der Waals surface area contributed by atoms with Gasteiger partial charge in [0.1, 0.15) is 11.2 Å². The van der Waals surface area contributed by atoms with Gasteiger partial charge in [0.15, 0.2) is 0 Å². The van der Waals surface area contributed by atoms with Crippen molar-refractivity contribution in [1.82, 2.24) is 9.80 Å². The molecule has 8 nitrogen and oxygen atoms in total. The maximum atomic E-state index is 12.5. The van der Waals surface area contributed by atoms with Crippen molar-refractivity contribution in [2.45, 2.75) is 90.5 Å². The smallest absolute Gasteiger partial charge is 0.417 e. The number of piperidine rings is 2. The summed E-state index contributed by atoms with van der Waals surface area (Å²) in [5.41, 5.74) is -1.50. The van der Waals surface area contributed by atoms with Crippen molar-refractivity contribution in [2.75, 3.05) is 0 Å². The number of hydrogen-bond donors (Lipinski definition) is 0. The van der Waals surface area contributed by atoms with Crippen molar-refractivity contribution >= 4 is 24.0 Å². The first-order valence-corrected chi connectivity index (χ1v) is 8.90. The zero-order chi connectivity index (χ0) is 19.9. The van der Waals surface area contributed by atoms with Gasteiger partial charge in [-0.05, 0) is 54.4 Å². The molecule has 4 amide bonds. The van der Waals surface area contributed by atoms with Crippen LogP contribution in [0.4, 0.5) is 9.59 Å². The lowest BCUT2D eigenvalue weighted by atomic mass is 9.87. The van der Waals surface area contributed by atoms with Crippen LogP contribution in [-0.2, 0) is 19.1 Å². The molecule has 0 aromatic carbocycles. The van der Waals surface area contributed by atoms with Crippen molar-refractivity contribution in [3.05, 3.63) is 0 Å². The van der Waals surface area contributed by atoms with E-state index < -0.39 is 35.5 Å². The molecule has 2 heterocycles. The Bertz CT molecular complexity index is 562. The third kappa shape index (κ3) is 4.53. The number of carbonyl (C=O) groups is 4. The minimum atomic E-state index is -0.750. The highest BCUT2D eigenvalue weighted by Gasteiger charge is 2.50. The Kier molecular flexibility index (Phi) is 5.35. The van der Waals surface area contributed by atoms with Gasteiger partial charge in [-0.15, -0.1) is 0 Å². The van der Waals surface area contributed by atoms with E-state index in [0.717, 1.165) is 9.80 Å². The lowest BCUT2D eigenvalue weighted by Crippen LogP contribution is -2.64. The molecule has 0 aromatic heterocycles. The van der Waals surface area contributed by atoms with E-state index in [1.165, 1.54) is 0 Å². The van der Waals surface area contributed by atoms with E-state index in [9.17, 15) is 19.2 Å². The first kappa shape index (κ1) is 20.2. The summed E-state index contributed by atoms with van der Waals surface area (Å²) in [4.78, 5) is 51.9. The third-order valence-electron chi connectivity index (χ3n) is 4.13. The van der Waals surface area contributed by atoms with Gasteiger partial charge in [0.2, 0.25) is 11.8 Å². The predicted molar refractivity (Wildman–Crippen MR) is 92.2 cm³/mol. The standard InChI is InChI=1S/C18H28N2O6/c1-17(2,3)25-15(23)19-11-7-10-14(22)20(12(11)8-9-13(19)21)16(24)26-18(4,5)6/h11-12H,7-10H2,1-6H3/t11-,12-/m1/s1. The molecule has 2 aliphatic rings. The Morgan fingerprint density at radius 2 is 1.08 bits per heavy atom. The average molecular weight is 368 g/mol. The molecule has 8 heteroatoms. The van der Waals surface area contributed by atoms with Crippen molar-refractivity contribution in [3.63, 3.8) is 0 Å². The van der Waals surface area contributed by atoms with Gasteiger partial charge in [-0.2, -0.15) is 0 Å². The Hall–Kier alpha value is -2.12. The second kappa shape index (κ2) is 6.89. The summed E-state index contributed by atoms with van der Waals surface area (Å²) in [6.45, 7) is 10.3. The van der Waals surface area contributed by atoms with Crippen LogP contribution in [0.5, 0.6) is 0 Å². The maximum Gasteiger partial charge on any atom is 0.417 e. The van der Waals surface area contributed by atoms with E-state index in [1.807, 2.05) is 0 Å². The van der Waals surface area contributed by atoms with E-state index in [-0.39, 0.29) is 24.7 Å². The fourth-order valence-corrected chi connectivity index (χ4v) is 3.24. The Morgan fingerprint density at radius 1 is 0.769 bits per heavy atom. The normalized spacial score (nSPS) is 24.2. The summed E-state index contributed by atoms with van der Waals surface area (Å²) in [5.74, 6) is -0.696. The van der Waals surface area contributed by atoms with Crippen LogP contribution in [0.25, 0.3) is 0 Å². The van der Waals surface area contributed by atoms with Gasteiger partial charge in [-0.1, -0.05) is 0 Å². The van der Waals surface area contributed by atoms with Crippen molar-refractivity contribution < 1.29 is 28.7 Å². The van der Waals surface area contributed by atoms with Crippen LogP contribution in [0, 0.1) is 0 Å². The van der Waals surface area contributed by atoms with Crippen LogP contribution in [0.3, 0.4) is 0 Å². The highest BCUT2D eigenvalue weighted by Crippen LogP contribution is 2.33. The van der Waals surface area contributed by atoms with Gasteiger partial charge in [-0.3, -0.25) is 9.59 Å². The first-order chi connectivity index (χ1) is 11.8. The van der Waals surface area contributed by atoms with Crippen LogP contribution in [0.1, 0.15) is 67.2 Å². The van der Waals surface area contributed by atoms with Gasteiger partial charge >= 0.3 is 12.2 Å². The molecule has 0 unspecified atom stereocenters. The van der Waals surface area contributed by atoms with E-state index in [1.54, 1.807) is 41.5 Å². The molecule has 0 aliphatic carbocycles. The van der Waals surface area contributed by atoms with E-state index >= 15 is 0 Å². The monoisotopic (exact) mass is 368 g/mol. The van der Waals surface area contributed by atoms with Crippen LogP contribution in [-0.4, -0.2) is 57.1 Å². The molecule has 2 fully saturated rings. The fraction of sp³-hybridized carbons (Fsp3) is 0.778. The molecule has 0 radical (unpaired) electrons. The first-order valence-electron chi connectivity index (χ1n) is 8.90. The number of amides is 4. The van der Waals surface area contributed by atoms with E-state index in [2.05, 4.69) is 0 Å². The van der Waals surface area contributed by atoms with Gasteiger partial charge in [0, 0.05) is 12.8 Å². The van der Waals surface area contributed by atoms with E-state index in [0.29, 0.717) is 12.8 Å². The van der Waals surface area contributed by atoms with Gasteiger partial charge in [-0.25, -0.2) is 19.4 Å². The van der Waals surface area contributed by atoms with Crippen LogP contribution < -0.4 is 0 Å². The zero-order valence-corrected chi connectivity index (χ0v) is 16.3. The molecule has 26 heavy (non-hydrogen) atoms. The molecule has 2 saturated heterocycles. The fourth-order valence-electron chi connectivity index (χ4n) is 3.24. The molecule has 2 rings (SSSR count). The van der Waals surface area contributed by atoms with Crippen molar-refractivity contribution in [1.29, 1.82) is 0 Å². The highest BCUT2D eigenvalue weighted by atomic mass is 16.6. The Balaban J connectivity index is 2.27. The number of rotatable bonds is 0. The van der Waals surface area contributed by atoms with Crippen LogP contribution in [0.2, 0.25) is 0 Å². The molecule has 146 valence electrons. The second-order valence-corrected chi connectivity index (χ2v) is 8.70. The van der Waals surface area contributed by atoms with Crippen molar-refractivity contribution in [3.8, 4) is 0 Å². The summed E-state index contributed by atoms with van der Waals surface area (Å²) in [6, 6.07) is -1.17. The van der Waals surface area contributed by atoms with Crippen LogP contribution in [0.15, 0.2) is 0 Å². The van der Waals surface area contributed by atoms with Crippen molar-refractivity contribution in [2.24, 2.45) is 0 Å². The molecular weight excluding hydrogens is 340 g/mol. The predicted octanol–water partition coefficient (Wildman–Crippen LogP) is 2.84. The minimum Gasteiger partial charge on any atom is -0.443 e. The zero-order valence-electron chi connectivity index (χ0n) is 16.3. The van der Waals surface area contributed by atoms with Crippen LogP contribution >= 0.6 is 0 Å².